The third-order valence-electron chi connectivity index (χ3n) is 1.67. The number of carbonyl (C=O) groups is 1. The number of likely N-dealkylation sites (N-methyl/N-ethyl adjacent to an activating group) is 1. The summed E-state index contributed by atoms with van der Waals surface area (Å²) >= 11 is 3.79. The lowest BCUT2D eigenvalue weighted by molar-refractivity contribution is -0.130. The predicted octanol–water partition coefficient (Wildman–Crippen LogP) is -0.688. The minimum absolute atomic E-state index is 0.0230. The summed E-state index contributed by atoms with van der Waals surface area (Å²) < 4.78 is 24.2. The van der Waals surface area contributed by atoms with E-state index in [4.69, 9.17) is 0 Å². The second-order valence-electron chi connectivity index (χ2n) is 3.33. The van der Waals surface area contributed by atoms with E-state index in [9.17, 15) is 13.2 Å². The summed E-state index contributed by atoms with van der Waals surface area (Å²) in [5.41, 5.74) is 0. The number of nitrogens with zero attached hydrogens (tertiary/aromatic N) is 1. The normalized spacial score (nSPS) is 13.7. The fraction of sp³-hybridized carbons (Fsp3) is 0.857. The van der Waals surface area contributed by atoms with Crippen molar-refractivity contribution in [1.82, 2.24) is 9.62 Å². The maximum Gasteiger partial charge on any atom is 0.240 e. The molecule has 0 aliphatic heterocycles. The van der Waals surface area contributed by atoms with Crippen LogP contribution in [0.5, 0.6) is 0 Å². The highest BCUT2D eigenvalue weighted by molar-refractivity contribution is 7.90. The van der Waals surface area contributed by atoms with Gasteiger partial charge in [-0.25, -0.2) is 8.42 Å². The lowest BCUT2D eigenvalue weighted by atomic mass is 10.2. The quantitative estimate of drug-likeness (QED) is 0.624. The van der Waals surface area contributed by atoms with Gasteiger partial charge in [-0.3, -0.25) is 9.52 Å². The average Bonchev–Trinajstić information content (AvgIpc) is 2.02. The molecule has 0 saturated heterocycles. The highest BCUT2D eigenvalue weighted by atomic mass is 32.2. The lowest BCUT2D eigenvalue weighted by Crippen LogP contribution is -2.41. The van der Waals surface area contributed by atoms with Crippen LogP contribution >= 0.6 is 12.8 Å². The SMILES string of the molecule is CN(C)C(=O)C(CCS(C)(=O)=O)NS. The molecular formula is C7H16N2O3S2. The van der Waals surface area contributed by atoms with E-state index in [2.05, 4.69) is 17.5 Å². The Bertz CT molecular complexity index is 287. The summed E-state index contributed by atoms with van der Waals surface area (Å²) in [6.07, 6.45) is 1.38. The van der Waals surface area contributed by atoms with Gasteiger partial charge in [-0.15, -0.1) is 0 Å². The van der Waals surface area contributed by atoms with Crippen molar-refractivity contribution in [3.63, 3.8) is 0 Å². The number of carbonyl (C=O) groups excluding carboxylic acids is 1. The third kappa shape index (κ3) is 5.46. The van der Waals surface area contributed by atoms with Gasteiger partial charge >= 0.3 is 0 Å². The van der Waals surface area contributed by atoms with Crippen molar-refractivity contribution in [3.8, 4) is 0 Å². The molecule has 1 amide bonds. The van der Waals surface area contributed by atoms with E-state index in [0.29, 0.717) is 0 Å². The molecule has 0 aromatic rings. The Hall–Kier alpha value is -0.270. The van der Waals surface area contributed by atoms with E-state index in [1.165, 1.54) is 4.90 Å². The van der Waals surface area contributed by atoms with Crippen LogP contribution in [-0.2, 0) is 14.6 Å². The maximum atomic E-state index is 11.4. The van der Waals surface area contributed by atoms with Crippen molar-refractivity contribution < 1.29 is 13.2 Å². The topological polar surface area (TPSA) is 66.5 Å². The number of amides is 1. The smallest absolute Gasteiger partial charge is 0.240 e. The highest BCUT2D eigenvalue weighted by Gasteiger charge is 2.20. The van der Waals surface area contributed by atoms with Crippen LogP contribution < -0.4 is 4.72 Å². The van der Waals surface area contributed by atoms with Crippen molar-refractivity contribution >= 4 is 28.6 Å². The number of hydrogen-bond acceptors (Lipinski definition) is 5. The minimum atomic E-state index is -3.03. The first kappa shape index (κ1) is 13.7. The van der Waals surface area contributed by atoms with Crippen molar-refractivity contribution in [3.05, 3.63) is 0 Å². The van der Waals surface area contributed by atoms with Gasteiger partial charge in [0, 0.05) is 20.4 Å². The minimum Gasteiger partial charge on any atom is -0.347 e. The lowest BCUT2D eigenvalue weighted by Gasteiger charge is -2.18. The zero-order valence-electron chi connectivity index (χ0n) is 8.52. The van der Waals surface area contributed by atoms with Crippen LogP contribution in [0.3, 0.4) is 0 Å². The molecule has 0 aliphatic rings. The summed E-state index contributed by atoms with van der Waals surface area (Å²) in [4.78, 5) is 12.8. The second kappa shape index (κ2) is 5.57. The maximum absolute atomic E-state index is 11.4. The van der Waals surface area contributed by atoms with Crippen molar-refractivity contribution in [2.45, 2.75) is 12.5 Å². The molecule has 0 aliphatic carbocycles. The molecule has 0 fully saturated rings. The van der Waals surface area contributed by atoms with E-state index >= 15 is 0 Å². The Morgan fingerprint density at radius 3 is 2.29 bits per heavy atom. The van der Waals surface area contributed by atoms with E-state index in [1.54, 1.807) is 14.1 Å². The number of rotatable bonds is 5. The molecule has 1 unspecified atom stereocenters. The molecule has 1 atom stereocenters. The zero-order valence-corrected chi connectivity index (χ0v) is 10.2. The van der Waals surface area contributed by atoms with Gasteiger partial charge in [-0.05, 0) is 6.42 Å². The predicted molar refractivity (Wildman–Crippen MR) is 58.9 cm³/mol. The summed E-state index contributed by atoms with van der Waals surface area (Å²) in [5, 5.41) is 0. The highest BCUT2D eigenvalue weighted by Crippen LogP contribution is 2.00. The fourth-order valence-corrected chi connectivity index (χ4v) is 1.79. The Morgan fingerprint density at radius 1 is 1.50 bits per heavy atom. The van der Waals surface area contributed by atoms with Gasteiger partial charge in [0.25, 0.3) is 0 Å². The molecule has 0 heterocycles. The van der Waals surface area contributed by atoms with E-state index in [-0.39, 0.29) is 18.1 Å². The first-order valence-corrected chi connectivity index (χ1v) is 6.57. The number of sulfone groups is 1. The van der Waals surface area contributed by atoms with E-state index in [0.717, 1.165) is 6.26 Å². The number of hydrogen-bond donors (Lipinski definition) is 2. The van der Waals surface area contributed by atoms with Crippen LogP contribution in [0.15, 0.2) is 0 Å². The Kier molecular flexibility index (Phi) is 5.46. The monoisotopic (exact) mass is 240 g/mol. The molecule has 5 nitrogen and oxygen atoms in total. The van der Waals surface area contributed by atoms with Crippen LogP contribution in [0.25, 0.3) is 0 Å². The van der Waals surface area contributed by atoms with Gasteiger partial charge in [0.1, 0.15) is 9.84 Å². The molecule has 1 N–H and O–H groups in total. The molecule has 0 aromatic carbocycles. The van der Waals surface area contributed by atoms with Crippen LogP contribution in [0.2, 0.25) is 0 Å². The van der Waals surface area contributed by atoms with Crippen LogP contribution in [0, 0.1) is 0 Å². The molecule has 0 saturated carbocycles. The number of thiol groups is 1. The zero-order chi connectivity index (χ0) is 11.4. The summed E-state index contributed by atoms with van der Waals surface area (Å²) in [5.74, 6) is -0.200. The fourth-order valence-electron chi connectivity index (χ4n) is 0.887. The van der Waals surface area contributed by atoms with Gasteiger partial charge in [-0.2, -0.15) is 0 Å². The van der Waals surface area contributed by atoms with Gasteiger partial charge in [0.15, 0.2) is 0 Å². The molecule has 0 rings (SSSR count). The van der Waals surface area contributed by atoms with Crippen LogP contribution in [-0.4, -0.2) is 51.4 Å². The Labute approximate surface area is 90.3 Å². The first-order valence-electron chi connectivity index (χ1n) is 4.06. The van der Waals surface area contributed by atoms with Crippen LogP contribution in [0.4, 0.5) is 0 Å². The van der Waals surface area contributed by atoms with Crippen LogP contribution in [0.1, 0.15) is 6.42 Å². The number of nitrogens with one attached hydrogen (secondary N) is 1. The first-order chi connectivity index (χ1) is 6.28. The molecule has 0 bridgehead atoms. The van der Waals surface area contributed by atoms with E-state index < -0.39 is 15.9 Å². The molecule has 84 valence electrons. The molecule has 0 radical (unpaired) electrons. The standard InChI is InChI=1S/C7H16N2O3S2/c1-9(2)7(10)6(8-13)4-5-14(3,11)12/h6,8,13H,4-5H2,1-3H3. The summed E-state index contributed by atoms with van der Waals surface area (Å²) in [7, 11) is 0.191. The van der Waals surface area contributed by atoms with E-state index in [1.807, 2.05) is 0 Å². The molecule has 14 heavy (non-hydrogen) atoms. The van der Waals surface area contributed by atoms with Gasteiger partial charge in [0.2, 0.25) is 5.91 Å². The van der Waals surface area contributed by atoms with Crippen molar-refractivity contribution in [2.75, 3.05) is 26.1 Å². The Morgan fingerprint density at radius 2 is 2.00 bits per heavy atom. The van der Waals surface area contributed by atoms with Gasteiger partial charge in [-0.1, -0.05) is 12.8 Å². The molecular weight excluding hydrogens is 224 g/mol. The van der Waals surface area contributed by atoms with Crippen molar-refractivity contribution in [1.29, 1.82) is 0 Å². The molecule has 7 heteroatoms. The Balaban J connectivity index is 4.24. The van der Waals surface area contributed by atoms with Crippen molar-refractivity contribution in [2.24, 2.45) is 0 Å². The largest absolute Gasteiger partial charge is 0.347 e. The second-order valence-corrected chi connectivity index (χ2v) is 5.85. The molecule has 0 spiro atoms. The molecule has 0 aromatic heterocycles. The third-order valence-corrected chi connectivity index (χ3v) is 2.96. The average molecular weight is 240 g/mol. The van der Waals surface area contributed by atoms with Gasteiger partial charge in [0.05, 0.1) is 11.8 Å². The van der Waals surface area contributed by atoms with Gasteiger partial charge < -0.3 is 4.90 Å². The summed E-state index contributed by atoms with van der Waals surface area (Å²) in [6.45, 7) is 0. The summed E-state index contributed by atoms with van der Waals surface area (Å²) in [6, 6.07) is -0.553.